The zero-order chi connectivity index (χ0) is 26.4. The number of benzene rings is 2. The number of nitrogens with zero attached hydrogens (tertiary/aromatic N) is 3. The van der Waals surface area contributed by atoms with Crippen LogP contribution in [0.2, 0.25) is 0 Å². The SMILES string of the molecule is CCCN1CCc2c(sc(NC(=O)c3ccc(S(=O)(=O)N(C)C4CC4)cc3)c2-c2nc3ccccc3s2)C1. The Morgan fingerprint density at radius 1 is 1.13 bits per heavy atom. The van der Waals surface area contributed by atoms with E-state index in [1.54, 1.807) is 41.9 Å². The van der Waals surface area contributed by atoms with Crippen molar-refractivity contribution >= 4 is 53.8 Å². The van der Waals surface area contributed by atoms with Crippen molar-refractivity contribution in [2.45, 2.75) is 50.1 Å². The van der Waals surface area contributed by atoms with Crippen molar-refractivity contribution in [3.05, 3.63) is 64.5 Å². The van der Waals surface area contributed by atoms with Crippen LogP contribution in [0.15, 0.2) is 53.4 Å². The quantitative estimate of drug-likeness (QED) is 0.290. The summed E-state index contributed by atoms with van der Waals surface area (Å²) in [6, 6.07) is 14.4. The summed E-state index contributed by atoms with van der Waals surface area (Å²) in [6.45, 7) is 5.13. The number of aromatic nitrogens is 1. The maximum absolute atomic E-state index is 13.4. The van der Waals surface area contributed by atoms with Crippen LogP contribution in [0.4, 0.5) is 5.00 Å². The molecule has 0 spiro atoms. The van der Waals surface area contributed by atoms with E-state index in [1.807, 2.05) is 18.2 Å². The van der Waals surface area contributed by atoms with Crippen molar-refractivity contribution in [2.24, 2.45) is 0 Å². The Bertz CT molecular complexity index is 1570. The summed E-state index contributed by atoms with van der Waals surface area (Å²) in [5.74, 6) is -0.254. The fourth-order valence-corrected chi connectivity index (χ4v) is 8.82. The molecule has 1 saturated carbocycles. The first kappa shape index (κ1) is 25.6. The summed E-state index contributed by atoms with van der Waals surface area (Å²) in [5, 5.41) is 4.88. The van der Waals surface area contributed by atoms with E-state index in [2.05, 4.69) is 23.2 Å². The highest BCUT2D eigenvalue weighted by molar-refractivity contribution is 7.89. The van der Waals surface area contributed by atoms with E-state index in [1.165, 1.54) is 26.9 Å². The summed E-state index contributed by atoms with van der Waals surface area (Å²) in [7, 11) is -1.93. The Labute approximate surface area is 231 Å². The number of sulfonamides is 1. The molecule has 7 nitrogen and oxygen atoms in total. The lowest BCUT2D eigenvalue weighted by atomic mass is 10.0. The molecular formula is C28H30N4O3S3. The molecule has 0 radical (unpaired) electrons. The van der Waals surface area contributed by atoms with Gasteiger partial charge in [0, 0.05) is 42.2 Å². The minimum atomic E-state index is -3.55. The molecule has 0 saturated heterocycles. The molecule has 0 bridgehead atoms. The molecule has 1 N–H and O–H groups in total. The van der Waals surface area contributed by atoms with Gasteiger partial charge in [-0.15, -0.1) is 22.7 Å². The lowest BCUT2D eigenvalue weighted by molar-refractivity contribution is 0.102. The Hall–Kier alpha value is -2.63. The molecule has 0 atom stereocenters. The Balaban J connectivity index is 1.31. The summed E-state index contributed by atoms with van der Waals surface area (Å²) < 4.78 is 28.3. The minimum absolute atomic E-state index is 0.0852. The second-order valence-corrected chi connectivity index (χ2v) is 14.1. The van der Waals surface area contributed by atoms with Crippen LogP contribution in [0.1, 0.15) is 47.0 Å². The molecule has 1 aliphatic heterocycles. The maximum atomic E-state index is 13.4. The smallest absolute Gasteiger partial charge is 0.256 e. The van der Waals surface area contributed by atoms with Crippen LogP contribution in [-0.2, 0) is 23.0 Å². The highest BCUT2D eigenvalue weighted by atomic mass is 32.2. The molecule has 3 heterocycles. The summed E-state index contributed by atoms with van der Waals surface area (Å²) in [4.78, 5) is 22.2. The maximum Gasteiger partial charge on any atom is 0.256 e. The Kier molecular flexibility index (Phi) is 6.86. The lowest BCUT2D eigenvalue weighted by Crippen LogP contribution is -2.30. The van der Waals surface area contributed by atoms with Crippen molar-refractivity contribution in [1.82, 2.24) is 14.2 Å². The van der Waals surface area contributed by atoms with Crippen molar-refractivity contribution in [1.29, 1.82) is 0 Å². The molecule has 10 heteroatoms. The monoisotopic (exact) mass is 566 g/mol. The van der Waals surface area contributed by atoms with Gasteiger partial charge in [0.05, 0.1) is 15.1 Å². The van der Waals surface area contributed by atoms with Crippen LogP contribution in [0.25, 0.3) is 20.8 Å². The van der Waals surface area contributed by atoms with Crippen LogP contribution < -0.4 is 5.32 Å². The first-order valence-corrected chi connectivity index (χ1v) is 16.0. The molecule has 6 rings (SSSR count). The van der Waals surface area contributed by atoms with E-state index in [0.29, 0.717) is 5.56 Å². The average Bonchev–Trinajstić information content (AvgIpc) is 3.58. The number of amides is 1. The third-order valence-corrected chi connectivity index (χ3v) is 11.4. The average molecular weight is 567 g/mol. The summed E-state index contributed by atoms with van der Waals surface area (Å²) in [6.07, 6.45) is 3.83. The van der Waals surface area contributed by atoms with Crippen LogP contribution in [-0.4, -0.2) is 54.7 Å². The third kappa shape index (κ3) is 4.80. The molecule has 2 aromatic heterocycles. The standard InChI is InChI=1S/C28H30N4O3S3/c1-3-15-32-16-14-21-24(17-32)37-28(25(21)27-29-22-6-4-5-7-23(22)36-27)30-26(33)18-8-12-20(13-9-18)38(34,35)31(2)19-10-11-19/h4-9,12-13,19H,3,10-11,14-17H2,1-2H3,(H,30,33). The van der Waals surface area contributed by atoms with Gasteiger partial charge < -0.3 is 5.32 Å². The fourth-order valence-electron chi connectivity index (χ4n) is 5.01. The molecule has 0 unspecified atom stereocenters. The molecular weight excluding hydrogens is 537 g/mol. The van der Waals surface area contributed by atoms with Gasteiger partial charge in [0.15, 0.2) is 0 Å². The first-order chi connectivity index (χ1) is 18.3. The van der Waals surface area contributed by atoms with Gasteiger partial charge in [0.25, 0.3) is 5.91 Å². The van der Waals surface area contributed by atoms with Crippen LogP contribution in [0.5, 0.6) is 0 Å². The number of hydrogen-bond acceptors (Lipinski definition) is 7. The zero-order valence-electron chi connectivity index (χ0n) is 21.4. The predicted molar refractivity (Wildman–Crippen MR) is 155 cm³/mol. The number of rotatable bonds is 8. The van der Waals surface area contributed by atoms with Crippen molar-refractivity contribution in [2.75, 3.05) is 25.5 Å². The number of thiophene rings is 1. The summed E-state index contributed by atoms with van der Waals surface area (Å²) in [5.41, 5.74) is 3.69. The molecule has 38 heavy (non-hydrogen) atoms. The van der Waals surface area contributed by atoms with Crippen LogP contribution in [0.3, 0.4) is 0 Å². The highest BCUT2D eigenvalue weighted by Crippen LogP contribution is 2.46. The van der Waals surface area contributed by atoms with Crippen molar-refractivity contribution in [3.8, 4) is 10.6 Å². The molecule has 4 aromatic rings. The van der Waals surface area contributed by atoms with Gasteiger partial charge in [0.1, 0.15) is 10.0 Å². The number of para-hydroxylation sites is 1. The van der Waals surface area contributed by atoms with Crippen LogP contribution in [0, 0.1) is 0 Å². The highest BCUT2D eigenvalue weighted by Gasteiger charge is 2.35. The molecule has 1 fully saturated rings. The van der Waals surface area contributed by atoms with Gasteiger partial charge in [-0.05, 0) is 74.2 Å². The van der Waals surface area contributed by atoms with E-state index in [9.17, 15) is 13.2 Å². The molecule has 2 aliphatic rings. The van der Waals surface area contributed by atoms with E-state index in [-0.39, 0.29) is 16.8 Å². The number of hydrogen-bond donors (Lipinski definition) is 1. The van der Waals surface area contributed by atoms with E-state index in [0.717, 1.165) is 71.1 Å². The van der Waals surface area contributed by atoms with Crippen LogP contribution >= 0.6 is 22.7 Å². The van der Waals surface area contributed by atoms with Gasteiger partial charge in [-0.25, -0.2) is 13.4 Å². The van der Waals surface area contributed by atoms with Crippen molar-refractivity contribution < 1.29 is 13.2 Å². The van der Waals surface area contributed by atoms with Gasteiger partial charge in [-0.1, -0.05) is 19.1 Å². The molecule has 1 amide bonds. The predicted octanol–water partition coefficient (Wildman–Crippen LogP) is 5.83. The molecule has 1 aliphatic carbocycles. The summed E-state index contributed by atoms with van der Waals surface area (Å²) >= 11 is 3.28. The molecule has 198 valence electrons. The number of thiazole rings is 1. The van der Waals surface area contributed by atoms with Gasteiger partial charge in [-0.2, -0.15) is 4.31 Å². The zero-order valence-corrected chi connectivity index (χ0v) is 23.9. The normalized spacial score (nSPS) is 16.2. The number of fused-ring (bicyclic) bond motifs is 2. The fraction of sp³-hybridized carbons (Fsp3) is 0.357. The number of carbonyl (C=O) groups excluding carboxylic acids is 1. The molecule has 2 aromatic carbocycles. The number of carbonyl (C=O) groups is 1. The number of nitrogens with one attached hydrogen (secondary N) is 1. The van der Waals surface area contributed by atoms with Crippen molar-refractivity contribution in [3.63, 3.8) is 0 Å². The largest absolute Gasteiger partial charge is 0.313 e. The Morgan fingerprint density at radius 2 is 1.89 bits per heavy atom. The van der Waals surface area contributed by atoms with Gasteiger partial charge in [-0.3, -0.25) is 9.69 Å². The first-order valence-electron chi connectivity index (χ1n) is 13.0. The lowest BCUT2D eigenvalue weighted by Gasteiger charge is -2.26. The number of anilines is 1. The van der Waals surface area contributed by atoms with E-state index < -0.39 is 10.0 Å². The third-order valence-electron chi connectivity index (χ3n) is 7.27. The van der Waals surface area contributed by atoms with E-state index >= 15 is 0 Å². The van der Waals surface area contributed by atoms with Gasteiger partial charge >= 0.3 is 0 Å². The topological polar surface area (TPSA) is 82.6 Å². The minimum Gasteiger partial charge on any atom is -0.313 e. The Morgan fingerprint density at radius 3 is 2.61 bits per heavy atom. The van der Waals surface area contributed by atoms with Gasteiger partial charge in [0.2, 0.25) is 10.0 Å². The second kappa shape index (κ2) is 10.2. The van der Waals surface area contributed by atoms with E-state index in [4.69, 9.17) is 4.98 Å². The second-order valence-electron chi connectivity index (χ2n) is 9.95.